The predicted octanol–water partition coefficient (Wildman–Crippen LogP) is 14.4. The quantitative estimate of drug-likeness (QED) is 0.0862. The number of nitrogens with zero attached hydrogens (tertiary/aromatic N) is 9. The third-order valence-electron chi connectivity index (χ3n) is 12.5. The van der Waals surface area contributed by atoms with E-state index in [1.807, 2.05) is 0 Å². The summed E-state index contributed by atoms with van der Waals surface area (Å²) in [6.45, 7) is 5.28. The molecule has 0 fully saturated rings. The van der Waals surface area contributed by atoms with Gasteiger partial charge in [0.2, 0.25) is 17.3 Å². The Morgan fingerprint density at radius 2 is 0.714 bits per heavy atom. The van der Waals surface area contributed by atoms with Gasteiger partial charge < -0.3 is 42.8 Å². The van der Waals surface area contributed by atoms with Gasteiger partial charge in [0, 0.05) is 68.5 Å². The average Bonchev–Trinajstić information content (AvgIpc) is 4.39. The van der Waals surface area contributed by atoms with E-state index < -0.39 is 53.3 Å². The second kappa shape index (κ2) is 25.3. The molecule has 0 aliphatic rings. The highest BCUT2D eigenvalue weighted by Gasteiger charge is 2.24. The zero-order valence-electron chi connectivity index (χ0n) is 43.8. The van der Waals surface area contributed by atoms with Gasteiger partial charge in [-0.3, -0.25) is 28.4 Å². The molecule has 12 rings (SSSR count). The van der Waals surface area contributed by atoms with Crippen LogP contribution < -0.4 is 16.0 Å². The summed E-state index contributed by atoms with van der Waals surface area (Å²) >= 11 is 18.3. The fourth-order valence-corrected chi connectivity index (χ4v) is 9.27. The molecule has 3 aromatic carbocycles. The van der Waals surface area contributed by atoms with E-state index in [2.05, 4.69) is 46.7 Å². The van der Waals surface area contributed by atoms with Crippen molar-refractivity contribution in [1.29, 1.82) is 0 Å². The van der Waals surface area contributed by atoms with Gasteiger partial charge in [0.05, 0.1) is 72.6 Å². The number of rotatable bonds is 15. The number of nitrogens with one attached hydrogen (secondary N) is 3. The maximum Gasteiger partial charge on any atom is 0.277 e. The second-order valence-corrected chi connectivity index (χ2v) is 19.3. The molecule has 0 radical (unpaired) electrons. The van der Waals surface area contributed by atoms with Crippen molar-refractivity contribution in [2.75, 3.05) is 16.0 Å². The van der Waals surface area contributed by atoms with Crippen LogP contribution in [0.1, 0.15) is 87.1 Å². The van der Waals surface area contributed by atoms with Crippen molar-refractivity contribution in [2.24, 2.45) is 0 Å². The van der Waals surface area contributed by atoms with E-state index in [1.165, 1.54) is 106 Å². The van der Waals surface area contributed by atoms with Crippen LogP contribution in [-0.4, -0.2) is 62.5 Å². The smallest absolute Gasteiger partial charge is 0.277 e. The number of amides is 3. The minimum atomic E-state index is -0.474. The first-order valence-corrected chi connectivity index (χ1v) is 26.1. The fourth-order valence-electron chi connectivity index (χ4n) is 8.31. The molecule has 12 aromatic rings. The zero-order chi connectivity index (χ0) is 59.0. The van der Waals surface area contributed by atoms with E-state index in [4.69, 9.17) is 61.6 Å². The minimum Gasteiger partial charge on any atom is -0.461 e. The topological polar surface area (TPSA) is 258 Å². The van der Waals surface area contributed by atoms with Crippen LogP contribution in [0.5, 0.6) is 0 Å². The monoisotopic (exact) mass is 1200 g/mol. The summed E-state index contributed by atoms with van der Waals surface area (Å²) in [5.41, 5.74) is 2.50. The number of anilines is 3. The summed E-state index contributed by atoms with van der Waals surface area (Å²) in [5.74, 6) is -0.263. The van der Waals surface area contributed by atoms with Crippen molar-refractivity contribution >= 4 is 69.6 Å². The first-order valence-electron chi connectivity index (χ1n) is 25.0. The zero-order valence-corrected chi connectivity index (χ0v) is 46.1. The van der Waals surface area contributed by atoms with Crippen molar-refractivity contribution in [3.05, 3.63) is 231 Å². The van der Waals surface area contributed by atoms with E-state index >= 15 is 0 Å². The Bertz CT molecular complexity index is 3720. The summed E-state index contributed by atoms with van der Waals surface area (Å²) in [5, 5.41) is 32.7. The first kappa shape index (κ1) is 57.1. The Morgan fingerprint density at radius 3 is 0.964 bits per heavy atom. The molecule has 426 valence electrons. The molecule has 0 spiro atoms. The summed E-state index contributed by atoms with van der Waals surface area (Å²) in [6, 6.07) is 26.7. The van der Waals surface area contributed by atoms with Gasteiger partial charge in [-0.1, -0.05) is 68.5 Å². The molecule has 0 bridgehead atoms. The fraction of sp³-hybridized carbons (Fsp3) is 0.105. The SMILES string of the molecule is CC(c1c(F)cccc1Cl)n1cc(NC(=O)c2cc(-c3ccco3)on2)cn1.CC(c1c(F)cccc1Cl)n1cc(NC(=O)c2cc(-c3ccco3)on2)cn1.CC(c1c(F)cccc1Cl)n1cc(NC(=O)c2cc(-c3ccco3)on2)cn1. The number of hydrogen-bond donors (Lipinski definition) is 3. The van der Waals surface area contributed by atoms with E-state index in [-0.39, 0.29) is 17.1 Å². The van der Waals surface area contributed by atoms with Crippen LogP contribution in [0.25, 0.3) is 34.6 Å². The van der Waals surface area contributed by atoms with Gasteiger partial charge in [-0.2, -0.15) is 15.3 Å². The lowest BCUT2D eigenvalue weighted by atomic mass is 10.1. The standard InChI is InChI=1S/3C19H14ClFN4O3/c3*1-11(18-13(20)4-2-5-14(18)21)25-10-12(9-22-25)23-19(26)15-8-17(28-24-15)16-6-3-7-27-16/h3*2-11H,1H3,(H,23,26). The minimum absolute atomic E-state index is 0.0874. The van der Waals surface area contributed by atoms with Crippen molar-refractivity contribution < 1.29 is 54.4 Å². The second-order valence-electron chi connectivity index (χ2n) is 18.1. The number of benzene rings is 3. The molecule has 27 heteroatoms. The van der Waals surface area contributed by atoms with Crippen LogP contribution >= 0.6 is 34.8 Å². The van der Waals surface area contributed by atoms with Crippen molar-refractivity contribution in [2.45, 2.75) is 38.9 Å². The van der Waals surface area contributed by atoms with Crippen LogP contribution in [0.3, 0.4) is 0 Å². The first-order chi connectivity index (χ1) is 40.6. The maximum absolute atomic E-state index is 14.1. The Hall–Kier alpha value is -10.2. The largest absolute Gasteiger partial charge is 0.461 e. The summed E-state index contributed by atoms with van der Waals surface area (Å²) < 4.78 is 77.8. The van der Waals surface area contributed by atoms with Crippen LogP contribution in [0, 0.1) is 17.5 Å². The molecule has 3 N–H and O–H groups in total. The lowest BCUT2D eigenvalue weighted by Gasteiger charge is -2.15. The Balaban J connectivity index is 0.000000140. The molecular weight excluding hydrogens is 1160 g/mol. The van der Waals surface area contributed by atoms with Crippen molar-refractivity contribution in [1.82, 2.24) is 44.8 Å². The highest BCUT2D eigenvalue weighted by molar-refractivity contribution is 6.32. The molecule has 0 saturated carbocycles. The number of furan rings is 3. The molecule has 21 nitrogen and oxygen atoms in total. The predicted molar refractivity (Wildman–Crippen MR) is 299 cm³/mol. The number of carbonyl (C=O) groups is 3. The molecule has 0 aliphatic carbocycles. The molecule has 84 heavy (non-hydrogen) atoms. The maximum atomic E-state index is 14.1. The van der Waals surface area contributed by atoms with Gasteiger partial charge in [0.25, 0.3) is 17.7 Å². The lowest BCUT2D eigenvalue weighted by Crippen LogP contribution is -2.12. The highest BCUT2D eigenvalue weighted by atomic mass is 35.5. The molecule has 9 aromatic heterocycles. The van der Waals surface area contributed by atoms with Gasteiger partial charge in [-0.15, -0.1) is 0 Å². The number of carbonyl (C=O) groups excluding carboxylic acids is 3. The summed E-state index contributed by atoms with van der Waals surface area (Å²) in [4.78, 5) is 37.1. The molecular formula is C57H42Cl3F3N12O9. The number of hydrogen-bond acceptors (Lipinski definition) is 15. The van der Waals surface area contributed by atoms with Crippen LogP contribution in [0.4, 0.5) is 30.2 Å². The summed E-state index contributed by atoms with van der Waals surface area (Å²) in [6.07, 6.45) is 13.6. The van der Waals surface area contributed by atoms with Gasteiger partial charge >= 0.3 is 0 Å². The van der Waals surface area contributed by atoms with Crippen molar-refractivity contribution in [3.8, 4) is 34.6 Å². The number of halogens is 6. The molecule has 3 amide bonds. The Morgan fingerprint density at radius 1 is 0.429 bits per heavy atom. The van der Waals surface area contributed by atoms with E-state index in [9.17, 15) is 27.6 Å². The van der Waals surface area contributed by atoms with Crippen molar-refractivity contribution in [3.63, 3.8) is 0 Å². The third-order valence-corrected chi connectivity index (χ3v) is 13.5. The number of aromatic nitrogens is 9. The normalized spacial score (nSPS) is 12.1. The molecule has 0 aliphatic heterocycles. The Kier molecular flexibility index (Phi) is 17.2. The molecule has 3 atom stereocenters. The van der Waals surface area contributed by atoms with E-state index in [0.717, 1.165) is 0 Å². The summed E-state index contributed by atoms with van der Waals surface area (Å²) in [7, 11) is 0. The van der Waals surface area contributed by atoms with Crippen LogP contribution in [0.15, 0.2) is 192 Å². The third kappa shape index (κ3) is 12.9. The molecule has 9 heterocycles. The van der Waals surface area contributed by atoms with Gasteiger partial charge in [0.1, 0.15) is 17.5 Å². The van der Waals surface area contributed by atoms with E-state index in [1.54, 1.807) is 94.0 Å². The van der Waals surface area contributed by atoms with Crippen LogP contribution in [0.2, 0.25) is 15.1 Å². The molecule has 0 saturated heterocycles. The van der Waals surface area contributed by atoms with Crippen LogP contribution in [-0.2, 0) is 0 Å². The molecule has 3 unspecified atom stereocenters. The van der Waals surface area contributed by atoms with Gasteiger partial charge in [0.15, 0.2) is 34.4 Å². The van der Waals surface area contributed by atoms with E-state index in [0.29, 0.717) is 83.4 Å². The highest BCUT2D eigenvalue weighted by Crippen LogP contribution is 2.32. The van der Waals surface area contributed by atoms with Gasteiger partial charge in [-0.05, 0) is 93.6 Å². The Labute approximate surface area is 487 Å². The average molecular weight is 1200 g/mol. The van der Waals surface area contributed by atoms with Gasteiger partial charge in [-0.25, -0.2) is 13.2 Å². The lowest BCUT2D eigenvalue weighted by molar-refractivity contribution is 0.101.